The number of carbonyl (C=O) groups excluding carboxylic acids is 2. The van der Waals surface area contributed by atoms with Gasteiger partial charge in [-0.3, -0.25) is 9.69 Å². The summed E-state index contributed by atoms with van der Waals surface area (Å²) in [6.07, 6.45) is -0.184. The number of alkyl carbamates (subject to hydrolysis) is 1. The van der Waals surface area contributed by atoms with E-state index in [-0.39, 0.29) is 18.9 Å². The van der Waals surface area contributed by atoms with Crippen LogP contribution in [0, 0.1) is 0 Å². The van der Waals surface area contributed by atoms with Crippen molar-refractivity contribution in [3.63, 3.8) is 0 Å². The lowest BCUT2D eigenvalue weighted by molar-refractivity contribution is -0.144. The summed E-state index contributed by atoms with van der Waals surface area (Å²) in [5.74, 6) is -1.20. The molecule has 1 rings (SSSR count). The largest absolute Gasteiger partial charge is 0.479 e. The number of amides is 2. The van der Waals surface area contributed by atoms with E-state index in [9.17, 15) is 19.5 Å². The summed E-state index contributed by atoms with van der Waals surface area (Å²) in [5, 5.41) is 14.5. The first-order valence-electron chi connectivity index (χ1n) is 7.25. The van der Waals surface area contributed by atoms with Gasteiger partial charge >= 0.3 is 12.1 Å². The molecule has 3 N–H and O–H groups in total. The van der Waals surface area contributed by atoms with Crippen LogP contribution in [0.1, 0.15) is 33.6 Å². The third-order valence-corrected chi connectivity index (χ3v) is 3.43. The number of carbonyl (C=O) groups is 3. The maximum atomic E-state index is 11.9. The molecular formula is C14H25N3O5. The molecule has 126 valence electrons. The van der Waals surface area contributed by atoms with Crippen molar-refractivity contribution in [2.24, 2.45) is 0 Å². The van der Waals surface area contributed by atoms with Crippen molar-refractivity contribution in [2.75, 3.05) is 26.7 Å². The topological polar surface area (TPSA) is 108 Å². The fourth-order valence-electron chi connectivity index (χ4n) is 2.29. The van der Waals surface area contributed by atoms with Gasteiger partial charge in [0.15, 0.2) is 5.54 Å². The number of hydrogen-bond donors (Lipinski definition) is 3. The van der Waals surface area contributed by atoms with Gasteiger partial charge in [0.25, 0.3) is 0 Å². The normalized spacial score (nSPS) is 22.2. The van der Waals surface area contributed by atoms with Gasteiger partial charge in [-0.2, -0.15) is 0 Å². The SMILES string of the molecule is CNC(=O)CCN1CCC(NC(=O)OC(C)(C)C)(C(=O)O)C1. The van der Waals surface area contributed by atoms with Gasteiger partial charge in [-0.15, -0.1) is 0 Å². The van der Waals surface area contributed by atoms with Crippen LogP contribution in [0.4, 0.5) is 4.79 Å². The first-order chi connectivity index (χ1) is 10.1. The molecule has 0 aromatic heterocycles. The molecule has 0 aromatic rings. The summed E-state index contributed by atoms with van der Waals surface area (Å²) in [7, 11) is 1.55. The minimum atomic E-state index is -1.37. The van der Waals surface area contributed by atoms with Gasteiger partial charge in [0.2, 0.25) is 5.91 Å². The molecular weight excluding hydrogens is 290 g/mol. The zero-order valence-electron chi connectivity index (χ0n) is 13.6. The standard InChI is InChI=1S/C14H25N3O5/c1-13(2,3)22-12(21)16-14(11(19)20)6-8-17(9-14)7-5-10(18)15-4/h5-9H2,1-4H3,(H,15,18)(H,16,21)(H,19,20). The summed E-state index contributed by atoms with van der Waals surface area (Å²) in [6, 6.07) is 0. The van der Waals surface area contributed by atoms with Crippen molar-refractivity contribution >= 4 is 18.0 Å². The average molecular weight is 315 g/mol. The summed E-state index contributed by atoms with van der Waals surface area (Å²) in [4.78, 5) is 36.6. The number of carboxylic acids is 1. The Balaban J connectivity index is 2.65. The van der Waals surface area contributed by atoms with E-state index in [1.54, 1.807) is 27.8 Å². The highest BCUT2D eigenvalue weighted by molar-refractivity contribution is 5.85. The molecule has 22 heavy (non-hydrogen) atoms. The molecule has 8 heteroatoms. The highest BCUT2D eigenvalue weighted by Gasteiger charge is 2.46. The van der Waals surface area contributed by atoms with Crippen molar-refractivity contribution in [3.8, 4) is 0 Å². The lowest BCUT2D eigenvalue weighted by atomic mass is 9.99. The number of ether oxygens (including phenoxy) is 1. The smallest absolute Gasteiger partial charge is 0.408 e. The molecule has 0 radical (unpaired) electrons. The second-order valence-electron chi connectivity index (χ2n) is 6.46. The summed E-state index contributed by atoms with van der Waals surface area (Å²) >= 11 is 0. The number of carboxylic acid groups (broad SMARTS) is 1. The van der Waals surface area contributed by atoms with Crippen molar-refractivity contribution in [1.29, 1.82) is 0 Å². The first kappa shape index (κ1) is 18.2. The van der Waals surface area contributed by atoms with Gasteiger partial charge in [0.1, 0.15) is 5.60 Å². The number of nitrogens with zero attached hydrogens (tertiary/aromatic N) is 1. The molecule has 0 aromatic carbocycles. The summed E-state index contributed by atoms with van der Waals surface area (Å²) < 4.78 is 5.13. The fraction of sp³-hybridized carbons (Fsp3) is 0.786. The van der Waals surface area contributed by atoms with Crippen LogP contribution in [0.5, 0.6) is 0 Å². The molecule has 1 aliphatic rings. The molecule has 0 spiro atoms. The van der Waals surface area contributed by atoms with Gasteiger partial charge in [-0.25, -0.2) is 9.59 Å². The van der Waals surface area contributed by atoms with E-state index in [1.165, 1.54) is 0 Å². The van der Waals surface area contributed by atoms with Crippen LogP contribution in [0.25, 0.3) is 0 Å². The van der Waals surface area contributed by atoms with E-state index < -0.39 is 23.2 Å². The molecule has 1 unspecified atom stereocenters. The minimum absolute atomic E-state index is 0.104. The van der Waals surface area contributed by atoms with Crippen molar-refractivity contribution < 1.29 is 24.2 Å². The maximum Gasteiger partial charge on any atom is 0.408 e. The number of aliphatic carboxylic acids is 1. The van der Waals surface area contributed by atoms with Gasteiger partial charge in [-0.05, 0) is 27.2 Å². The van der Waals surface area contributed by atoms with Crippen LogP contribution in [0.15, 0.2) is 0 Å². The van der Waals surface area contributed by atoms with E-state index in [1.807, 2.05) is 4.90 Å². The highest BCUT2D eigenvalue weighted by Crippen LogP contribution is 2.23. The highest BCUT2D eigenvalue weighted by atomic mass is 16.6. The third-order valence-electron chi connectivity index (χ3n) is 3.43. The van der Waals surface area contributed by atoms with Crippen LogP contribution in [-0.4, -0.2) is 65.8 Å². The predicted octanol–water partition coefficient (Wildman–Crippen LogP) is 0.176. The van der Waals surface area contributed by atoms with Gasteiger partial charge in [0, 0.05) is 33.1 Å². The lowest BCUT2D eigenvalue weighted by Gasteiger charge is -2.28. The minimum Gasteiger partial charge on any atom is -0.479 e. The van der Waals surface area contributed by atoms with Gasteiger partial charge in [0.05, 0.1) is 0 Å². The molecule has 1 aliphatic heterocycles. The van der Waals surface area contributed by atoms with Crippen LogP contribution < -0.4 is 10.6 Å². The number of rotatable bonds is 5. The Hall–Kier alpha value is -1.83. The number of nitrogens with one attached hydrogen (secondary N) is 2. The lowest BCUT2D eigenvalue weighted by Crippen LogP contribution is -2.57. The van der Waals surface area contributed by atoms with Crippen molar-refractivity contribution in [2.45, 2.75) is 44.8 Å². The Kier molecular flexibility index (Phi) is 5.76. The predicted molar refractivity (Wildman–Crippen MR) is 79.5 cm³/mol. The molecule has 0 bridgehead atoms. The molecule has 1 heterocycles. The quantitative estimate of drug-likeness (QED) is 0.668. The van der Waals surface area contributed by atoms with E-state index in [0.29, 0.717) is 19.5 Å². The van der Waals surface area contributed by atoms with Crippen LogP contribution in [0.2, 0.25) is 0 Å². The Morgan fingerprint density at radius 2 is 1.95 bits per heavy atom. The zero-order chi connectivity index (χ0) is 17.0. The van der Waals surface area contributed by atoms with Crippen LogP contribution in [0.3, 0.4) is 0 Å². The van der Waals surface area contributed by atoms with Crippen LogP contribution in [-0.2, 0) is 14.3 Å². The van der Waals surface area contributed by atoms with Gasteiger partial charge in [-0.1, -0.05) is 0 Å². The molecule has 0 saturated carbocycles. The van der Waals surface area contributed by atoms with Gasteiger partial charge < -0.3 is 20.5 Å². The number of hydrogen-bond acceptors (Lipinski definition) is 5. The third kappa shape index (κ3) is 5.18. The van der Waals surface area contributed by atoms with E-state index >= 15 is 0 Å². The Morgan fingerprint density at radius 3 is 2.45 bits per heavy atom. The first-order valence-corrected chi connectivity index (χ1v) is 7.25. The molecule has 1 atom stereocenters. The summed E-state index contributed by atoms with van der Waals surface area (Å²) in [5.41, 5.74) is -2.06. The van der Waals surface area contributed by atoms with E-state index in [2.05, 4.69) is 10.6 Å². The molecule has 1 fully saturated rings. The second-order valence-corrected chi connectivity index (χ2v) is 6.46. The molecule has 2 amide bonds. The Labute approximate surface area is 130 Å². The van der Waals surface area contributed by atoms with E-state index in [4.69, 9.17) is 4.74 Å². The second kappa shape index (κ2) is 6.95. The van der Waals surface area contributed by atoms with Crippen molar-refractivity contribution in [3.05, 3.63) is 0 Å². The van der Waals surface area contributed by atoms with Crippen molar-refractivity contribution in [1.82, 2.24) is 15.5 Å². The monoisotopic (exact) mass is 315 g/mol. The maximum absolute atomic E-state index is 11.9. The number of likely N-dealkylation sites (tertiary alicyclic amines) is 1. The molecule has 8 nitrogen and oxygen atoms in total. The van der Waals surface area contributed by atoms with Crippen LogP contribution >= 0.6 is 0 Å². The molecule has 1 saturated heterocycles. The molecule has 0 aliphatic carbocycles. The Morgan fingerprint density at radius 1 is 1.32 bits per heavy atom. The fourth-order valence-corrected chi connectivity index (χ4v) is 2.29. The summed E-state index contributed by atoms with van der Waals surface area (Å²) in [6.45, 7) is 6.24. The Bertz CT molecular complexity index is 446. The zero-order valence-corrected chi connectivity index (χ0v) is 13.6. The van der Waals surface area contributed by atoms with E-state index in [0.717, 1.165) is 0 Å². The average Bonchev–Trinajstić information content (AvgIpc) is 2.78.